The second-order valence-electron chi connectivity index (χ2n) is 2.45. The molecule has 0 amide bonds. The van der Waals surface area contributed by atoms with E-state index in [9.17, 15) is 4.79 Å². The zero-order chi connectivity index (χ0) is 8.53. The van der Waals surface area contributed by atoms with Crippen molar-refractivity contribution >= 4 is 6.29 Å². The van der Waals surface area contributed by atoms with E-state index in [1.165, 1.54) is 6.08 Å². The van der Waals surface area contributed by atoms with Gasteiger partial charge in [-0.25, -0.2) is 0 Å². The molecule has 2 heteroatoms. The molecule has 0 aromatic rings. The molecule has 0 spiro atoms. The van der Waals surface area contributed by atoms with Crippen molar-refractivity contribution in [2.75, 3.05) is 7.11 Å². The number of aldehydes is 1. The molecule has 0 rings (SSSR count). The van der Waals surface area contributed by atoms with Gasteiger partial charge in [0.25, 0.3) is 0 Å². The Kier molecular flexibility index (Phi) is 7.05. The van der Waals surface area contributed by atoms with Crippen LogP contribution in [0.4, 0.5) is 0 Å². The average Bonchev–Trinajstić information content (AvgIpc) is 2.03. The van der Waals surface area contributed by atoms with Gasteiger partial charge in [0.05, 0.1) is 6.10 Å². The molecule has 0 aliphatic heterocycles. The van der Waals surface area contributed by atoms with Crippen LogP contribution in [0.15, 0.2) is 12.2 Å². The number of allylic oxidation sites excluding steroid dienone is 1. The van der Waals surface area contributed by atoms with Gasteiger partial charge < -0.3 is 4.74 Å². The highest BCUT2D eigenvalue weighted by atomic mass is 16.5. The summed E-state index contributed by atoms with van der Waals surface area (Å²) >= 11 is 0. The number of rotatable bonds is 6. The fourth-order valence-electron chi connectivity index (χ4n) is 0.940. The fraction of sp³-hybridized carbons (Fsp3) is 0.667. The molecule has 2 nitrogen and oxygen atoms in total. The van der Waals surface area contributed by atoms with Crippen LogP contribution in [-0.2, 0) is 9.53 Å². The monoisotopic (exact) mass is 156 g/mol. The highest BCUT2D eigenvalue weighted by molar-refractivity contribution is 5.64. The Hall–Kier alpha value is -0.630. The van der Waals surface area contributed by atoms with Crippen molar-refractivity contribution in [2.45, 2.75) is 32.3 Å². The first-order chi connectivity index (χ1) is 5.35. The standard InChI is InChI=1S/C9H16O2/c1-3-6-9(11-2)7-4-5-8-10/h4-5,8-9H,3,6-7H2,1-2H3. The first-order valence-corrected chi connectivity index (χ1v) is 3.98. The lowest BCUT2D eigenvalue weighted by atomic mass is 10.1. The van der Waals surface area contributed by atoms with E-state index in [-0.39, 0.29) is 6.10 Å². The summed E-state index contributed by atoms with van der Waals surface area (Å²) in [4.78, 5) is 9.90. The molecule has 0 aliphatic carbocycles. The van der Waals surface area contributed by atoms with E-state index in [1.807, 2.05) is 6.08 Å². The molecular weight excluding hydrogens is 140 g/mol. The van der Waals surface area contributed by atoms with Crippen LogP contribution in [0.25, 0.3) is 0 Å². The van der Waals surface area contributed by atoms with Crippen molar-refractivity contribution in [3.63, 3.8) is 0 Å². The number of carbonyl (C=O) groups is 1. The van der Waals surface area contributed by atoms with E-state index in [4.69, 9.17) is 4.74 Å². The summed E-state index contributed by atoms with van der Waals surface area (Å²) < 4.78 is 5.17. The lowest BCUT2D eigenvalue weighted by Gasteiger charge is -2.10. The molecule has 1 unspecified atom stereocenters. The maximum absolute atomic E-state index is 9.90. The van der Waals surface area contributed by atoms with E-state index < -0.39 is 0 Å². The van der Waals surface area contributed by atoms with Crippen LogP contribution in [0.3, 0.4) is 0 Å². The third kappa shape index (κ3) is 5.80. The van der Waals surface area contributed by atoms with E-state index in [0.29, 0.717) is 0 Å². The van der Waals surface area contributed by atoms with Crippen LogP contribution in [0.5, 0.6) is 0 Å². The smallest absolute Gasteiger partial charge is 0.142 e. The number of methoxy groups -OCH3 is 1. The summed E-state index contributed by atoms with van der Waals surface area (Å²) in [6.07, 6.45) is 7.43. The molecule has 0 aromatic carbocycles. The van der Waals surface area contributed by atoms with Crippen LogP contribution >= 0.6 is 0 Å². The quantitative estimate of drug-likeness (QED) is 0.434. The summed E-state index contributed by atoms with van der Waals surface area (Å²) in [6.45, 7) is 2.12. The van der Waals surface area contributed by atoms with Gasteiger partial charge in [0.15, 0.2) is 0 Å². The maximum Gasteiger partial charge on any atom is 0.142 e. The number of hydrogen-bond acceptors (Lipinski definition) is 2. The van der Waals surface area contributed by atoms with E-state index in [2.05, 4.69) is 6.92 Å². The Bertz CT molecular complexity index is 119. The van der Waals surface area contributed by atoms with Gasteiger partial charge in [0, 0.05) is 7.11 Å². The van der Waals surface area contributed by atoms with E-state index >= 15 is 0 Å². The SMILES string of the molecule is CCCC(CC=CC=O)OC. The number of carbonyl (C=O) groups excluding carboxylic acids is 1. The number of hydrogen-bond donors (Lipinski definition) is 0. The van der Waals surface area contributed by atoms with Gasteiger partial charge in [-0.05, 0) is 18.9 Å². The minimum Gasteiger partial charge on any atom is -0.381 e. The summed E-state index contributed by atoms with van der Waals surface area (Å²) in [5, 5.41) is 0. The Morgan fingerprint density at radius 1 is 1.55 bits per heavy atom. The molecule has 0 radical (unpaired) electrons. The van der Waals surface area contributed by atoms with E-state index in [1.54, 1.807) is 7.11 Å². The first-order valence-electron chi connectivity index (χ1n) is 3.98. The summed E-state index contributed by atoms with van der Waals surface area (Å²) in [5.74, 6) is 0. The van der Waals surface area contributed by atoms with Gasteiger partial charge >= 0.3 is 0 Å². The highest BCUT2D eigenvalue weighted by Gasteiger charge is 2.01. The molecule has 0 fully saturated rings. The summed E-state index contributed by atoms with van der Waals surface area (Å²) in [7, 11) is 1.70. The van der Waals surface area contributed by atoms with Gasteiger partial charge in [0.1, 0.15) is 6.29 Å². The van der Waals surface area contributed by atoms with Crippen molar-refractivity contribution in [3.8, 4) is 0 Å². The molecule has 0 N–H and O–H groups in total. The van der Waals surface area contributed by atoms with Gasteiger partial charge in [-0.15, -0.1) is 0 Å². The Morgan fingerprint density at radius 3 is 2.73 bits per heavy atom. The second-order valence-corrected chi connectivity index (χ2v) is 2.45. The van der Waals surface area contributed by atoms with Gasteiger partial charge in [-0.2, -0.15) is 0 Å². The topological polar surface area (TPSA) is 26.3 Å². The van der Waals surface area contributed by atoms with Gasteiger partial charge in [-0.1, -0.05) is 19.4 Å². The third-order valence-corrected chi connectivity index (χ3v) is 1.56. The van der Waals surface area contributed by atoms with Gasteiger partial charge in [-0.3, -0.25) is 4.79 Å². The molecule has 11 heavy (non-hydrogen) atoms. The molecular formula is C9H16O2. The van der Waals surface area contributed by atoms with E-state index in [0.717, 1.165) is 25.5 Å². The van der Waals surface area contributed by atoms with Crippen LogP contribution < -0.4 is 0 Å². The van der Waals surface area contributed by atoms with Crippen molar-refractivity contribution in [1.82, 2.24) is 0 Å². The number of ether oxygens (including phenoxy) is 1. The zero-order valence-corrected chi connectivity index (χ0v) is 7.25. The average molecular weight is 156 g/mol. The molecule has 0 aromatic heterocycles. The van der Waals surface area contributed by atoms with Gasteiger partial charge in [0.2, 0.25) is 0 Å². The summed E-state index contributed by atoms with van der Waals surface area (Å²) in [5.41, 5.74) is 0. The lowest BCUT2D eigenvalue weighted by Crippen LogP contribution is -2.08. The first kappa shape index (κ1) is 10.4. The molecule has 0 aliphatic rings. The molecule has 0 saturated heterocycles. The van der Waals surface area contributed by atoms with Crippen LogP contribution in [0, 0.1) is 0 Å². The summed E-state index contributed by atoms with van der Waals surface area (Å²) in [6, 6.07) is 0. The Labute approximate surface area is 68.2 Å². The minimum absolute atomic E-state index is 0.274. The largest absolute Gasteiger partial charge is 0.381 e. The normalized spacial score (nSPS) is 13.6. The second kappa shape index (κ2) is 7.48. The van der Waals surface area contributed by atoms with Crippen molar-refractivity contribution in [1.29, 1.82) is 0 Å². The molecule has 0 heterocycles. The van der Waals surface area contributed by atoms with Crippen LogP contribution in [0.1, 0.15) is 26.2 Å². The molecule has 0 saturated carbocycles. The minimum atomic E-state index is 0.274. The molecule has 0 bridgehead atoms. The maximum atomic E-state index is 9.90. The predicted molar refractivity (Wildman–Crippen MR) is 45.5 cm³/mol. The van der Waals surface area contributed by atoms with Crippen molar-refractivity contribution < 1.29 is 9.53 Å². The lowest BCUT2D eigenvalue weighted by molar-refractivity contribution is -0.104. The Balaban J connectivity index is 3.50. The van der Waals surface area contributed by atoms with Crippen molar-refractivity contribution in [3.05, 3.63) is 12.2 Å². The Morgan fingerprint density at radius 2 is 2.27 bits per heavy atom. The fourth-order valence-corrected chi connectivity index (χ4v) is 0.940. The predicted octanol–water partition coefficient (Wildman–Crippen LogP) is 1.95. The van der Waals surface area contributed by atoms with Crippen LogP contribution in [0.2, 0.25) is 0 Å². The zero-order valence-electron chi connectivity index (χ0n) is 7.25. The third-order valence-electron chi connectivity index (χ3n) is 1.56. The van der Waals surface area contributed by atoms with Crippen molar-refractivity contribution in [2.24, 2.45) is 0 Å². The highest BCUT2D eigenvalue weighted by Crippen LogP contribution is 2.05. The van der Waals surface area contributed by atoms with Crippen LogP contribution in [-0.4, -0.2) is 19.5 Å². The molecule has 64 valence electrons. The molecule has 1 atom stereocenters.